The molecule has 1 N–H and O–H groups in total. The van der Waals surface area contributed by atoms with Crippen molar-refractivity contribution in [2.45, 2.75) is 25.1 Å². The maximum Gasteiger partial charge on any atom is 0.416 e. The van der Waals surface area contributed by atoms with Gasteiger partial charge in [0, 0.05) is 12.2 Å². The van der Waals surface area contributed by atoms with E-state index in [1.165, 1.54) is 21.9 Å². The molecule has 0 unspecified atom stereocenters. The molecule has 2 heterocycles. The first-order valence-electron chi connectivity index (χ1n) is 9.44. The summed E-state index contributed by atoms with van der Waals surface area (Å²) in [5, 5.41) is 2.41. The van der Waals surface area contributed by atoms with E-state index in [1.807, 2.05) is 0 Å². The third-order valence-corrected chi connectivity index (χ3v) is 5.27. The standard InChI is InChI=1S/C21H18F3N3O3/c22-21(23,24)13-5-3-6-14(11-13)25-18(28)12-27-16-8-2-1-7-15(16)19(29)26-10-4-9-17(26)20(27)30/h1-3,5-8,11,17H,4,9-10,12H2,(H,25,28)/t17-/m0/s1. The third-order valence-electron chi connectivity index (χ3n) is 5.27. The van der Waals surface area contributed by atoms with E-state index < -0.39 is 30.2 Å². The molecule has 6 nitrogen and oxygen atoms in total. The lowest BCUT2D eigenvalue weighted by Crippen LogP contribution is -2.47. The largest absolute Gasteiger partial charge is 0.416 e. The quantitative estimate of drug-likeness (QED) is 0.833. The van der Waals surface area contributed by atoms with Gasteiger partial charge < -0.3 is 15.1 Å². The minimum atomic E-state index is -4.53. The fourth-order valence-electron chi connectivity index (χ4n) is 3.89. The minimum Gasteiger partial charge on any atom is -0.327 e. The van der Waals surface area contributed by atoms with E-state index in [0.717, 1.165) is 12.1 Å². The number of carbonyl (C=O) groups is 3. The molecular weight excluding hydrogens is 399 g/mol. The van der Waals surface area contributed by atoms with Gasteiger partial charge >= 0.3 is 6.18 Å². The summed E-state index contributed by atoms with van der Waals surface area (Å²) in [6, 6.07) is 10.2. The number of halogens is 3. The molecule has 2 aliphatic heterocycles. The predicted octanol–water partition coefficient (Wildman–Crippen LogP) is 3.30. The number of fused-ring (bicyclic) bond motifs is 2. The molecule has 1 saturated heterocycles. The van der Waals surface area contributed by atoms with E-state index >= 15 is 0 Å². The zero-order chi connectivity index (χ0) is 21.5. The second-order valence-electron chi connectivity index (χ2n) is 7.22. The molecule has 0 aromatic heterocycles. The molecule has 0 spiro atoms. The smallest absolute Gasteiger partial charge is 0.327 e. The number of benzene rings is 2. The van der Waals surface area contributed by atoms with Gasteiger partial charge in [0.05, 0.1) is 16.8 Å². The first-order chi connectivity index (χ1) is 14.3. The van der Waals surface area contributed by atoms with Crippen molar-refractivity contribution >= 4 is 29.1 Å². The van der Waals surface area contributed by atoms with Gasteiger partial charge in [-0.1, -0.05) is 18.2 Å². The van der Waals surface area contributed by atoms with Gasteiger partial charge in [-0.05, 0) is 43.2 Å². The fourth-order valence-corrected chi connectivity index (χ4v) is 3.89. The first-order valence-corrected chi connectivity index (χ1v) is 9.44. The van der Waals surface area contributed by atoms with Crippen molar-refractivity contribution < 1.29 is 27.6 Å². The lowest BCUT2D eigenvalue weighted by molar-refractivity contribution is -0.137. The van der Waals surface area contributed by atoms with Crippen LogP contribution in [0, 0.1) is 0 Å². The van der Waals surface area contributed by atoms with Crippen LogP contribution in [0.25, 0.3) is 0 Å². The Bertz CT molecular complexity index is 1020. The molecule has 3 amide bonds. The molecule has 156 valence electrons. The number of rotatable bonds is 3. The van der Waals surface area contributed by atoms with Gasteiger partial charge in [0.2, 0.25) is 11.8 Å². The second-order valence-corrected chi connectivity index (χ2v) is 7.22. The van der Waals surface area contributed by atoms with Gasteiger partial charge in [-0.3, -0.25) is 14.4 Å². The fraction of sp³-hybridized carbons (Fsp3) is 0.286. The minimum absolute atomic E-state index is 0.0241. The summed E-state index contributed by atoms with van der Waals surface area (Å²) < 4.78 is 38.7. The van der Waals surface area contributed by atoms with Crippen molar-refractivity contribution in [1.29, 1.82) is 0 Å². The number of anilines is 2. The van der Waals surface area contributed by atoms with Gasteiger partial charge in [0.1, 0.15) is 12.6 Å². The zero-order valence-electron chi connectivity index (χ0n) is 15.8. The van der Waals surface area contributed by atoms with Crippen LogP contribution < -0.4 is 10.2 Å². The molecule has 0 radical (unpaired) electrons. The van der Waals surface area contributed by atoms with Crippen LogP contribution in [0.15, 0.2) is 48.5 Å². The summed E-state index contributed by atoms with van der Waals surface area (Å²) >= 11 is 0. The average Bonchev–Trinajstić information content (AvgIpc) is 3.18. The topological polar surface area (TPSA) is 69.7 Å². The Hall–Kier alpha value is -3.36. The van der Waals surface area contributed by atoms with E-state index in [2.05, 4.69) is 5.32 Å². The number of hydrogen-bond acceptors (Lipinski definition) is 3. The monoisotopic (exact) mass is 417 g/mol. The lowest BCUT2D eigenvalue weighted by Gasteiger charge is -2.25. The number of nitrogens with zero attached hydrogens (tertiary/aromatic N) is 2. The van der Waals surface area contributed by atoms with E-state index in [9.17, 15) is 27.6 Å². The average molecular weight is 417 g/mol. The van der Waals surface area contributed by atoms with Crippen LogP contribution >= 0.6 is 0 Å². The molecule has 0 bridgehead atoms. The van der Waals surface area contributed by atoms with E-state index in [0.29, 0.717) is 30.6 Å². The van der Waals surface area contributed by atoms with Crippen LogP contribution in [0.3, 0.4) is 0 Å². The van der Waals surface area contributed by atoms with E-state index in [1.54, 1.807) is 24.3 Å². The van der Waals surface area contributed by atoms with Crippen LogP contribution in [-0.4, -0.2) is 41.8 Å². The van der Waals surface area contributed by atoms with Gasteiger partial charge in [-0.25, -0.2) is 0 Å². The highest BCUT2D eigenvalue weighted by molar-refractivity contribution is 6.13. The molecule has 2 aromatic carbocycles. The number of hydrogen-bond donors (Lipinski definition) is 1. The second kappa shape index (κ2) is 7.47. The Balaban J connectivity index is 1.60. The third kappa shape index (κ3) is 3.62. The highest BCUT2D eigenvalue weighted by Crippen LogP contribution is 2.33. The van der Waals surface area contributed by atoms with Crippen LogP contribution in [-0.2, 0) is 15.8 Å². The molecule has 1 atom stereocenters. The number of para-hydroxylation sites is 1. The molecule has 30 heavy (non-hydrogen) atoms. The van der Waals surface area contributed by atoms with Crippen LogP contribution in [0.1, 0.15) is 28.8 Å². The van der Waals surface area contributed by atoms with Crippen molar-refractivity contribution in [3.63, 3.8) is 0 Å². The van der Waals surface area contributed by atoms with Crippen molar-refractivity contribution in [3.05, 3.63) is 59.7 Å². The molecule has 2 aliphatic rings. The normalized spacial score (nSPS) is 18.7. The molecule has 4 rings (SSSR count). The highest BCUT2D eigenvalue weighted by atomic mass is 19.4. The highest BCUT2D eigenvalue weighted by Gasteiger charge is 2.42. The van der Waals surface area contributed by atoms with Crippen LogP contribution in [0.2, 0.25) is 0 Å². The Kier molecular flexibility index (Phi) is 4.97. The molecule has 0 saturated carbocycles. The zero-order valence-corrected chi connectivity index (χ0v) is 15.8. The van der Waals surface area contributed by atoms with E-state index in [4.69, 9.17) is 0 Å². The summed E-state index contributed by atoms with van der Waals surface area (Å²) in [5.74, 6) is -1.29. The van der Waals surface area contributed by atoms with Crippen molar-refractivity contribution in [2.24, 2.45) is 0 Å². The number of alkyl halides is 3. The molecular formula is C21H18F3N3O3. The van der Waals surface area contributed by atoms with Crippen molar-refractivity contribution in [1.82, 2.24) is 4.90 Å². The van der Waals surface area contributed by atoms with Crippen LogP contribution in [0.4, 0.5) is 24.5 Å². The summed E-state index contributed by atoms with van der Waals surface area (Å²) in [6.07, 6.45) is -3.34. The SMILES string of the molecule is O=C(CN1C(=O)[C@@H]2CCCN2C(=O)c2ccccc21)Nc1cccc(C(F)(F)F)c1. The van der Waals surface area contributed by atoms with Gasteiger partial charge in [0.15, 0.2) is 0 Å². The van der Waals surface area contributed by atoms with Gasteiger partial charge in [-0.15, -0.1) is 0 Å². The van der Waals surface area contributed by atoms with Crippen molar-refractivity contribution in [3.8, 4) is 0 Å². The summed E-state index contributed by atoms with van der Waals surface area (Å²) in [6.45, 7) is 0.0531. The number of nitrogens with one attached hydrogen (secondary N) is 1. The summed E-state index contributed by atoms with van der Waals surface area (Å²) in [7, 11) is 0. The van der Waals surface area contributed by atoms with Crippen LogP contribution in [0.5, 0.6) is 0 Å². The van der Waals surface area contributed by atoms with Gasteiger partial charge in [-0.2, -0.15) is 13.2 Å². The number of amides is 3. The Morgan fingerprint density at radius 3 is 2.63 bits per heavy atom. The van der Waals surface area contributed by atoms with Gasteiger partial charge in [0.25, 0.3) is 5.91 Å². The Labute approximate surface area is 170 Å². The number of carbonyl (C=O) groups excluding carboxylic acids is 3. The molecule has 9 heteroatoms. The Morgan fingerprint density at radius 1 is 1.10 bits per heavy atom. The van der Waals surface area contributed by atoms with E-state index in [-0.39, 0.29) is 17.5 Å². The summed E-state index contributed by atoms with van der Waals surface area (Å²) in [4.78, 5) is 41.3. The summed E-state index contributed by atoms with van der Waals surface area (Å²) in [5.41, 5.74) is -0.268. The molecule has 0 aliphatic carbocycles. The predicted molar refractivity (Wildman–Crippen MR) is 103 cm³/mol. The lowest BCUT2D eigenvalue weighted by atomic mass is 10.1. The maximum absolute atomic E-state index is 13.1. The molecule has 2 aromatic rings. The first kappa shape index (κ1) is 19.9. The maximum atomic E-state index is 13.1. The van der Waals surface area contributed by atoms with Crippen molar-refractivity contribution in [2.75, 3.05) is 23.3 Å². The Morgan fingerprint density at radius 2 is 1.87 bits per heavy atom. The molecule has 1 fully saturated rings.